The number of pyridine rings is 1. The second-order valence-electron chi connectivity index (χ2n) is 5.72. The number of likely N-dealkylation sites (tertiary alicyclic amines) is 1. The van der Waals surface area contributed by atoms with Gasteiger partial charge in [-0.2, -0.15) is 0 Å². The van der Waals surface area contributed by atoms with Crippen molar-refractivity contribution in [1.82, 2.24) is 19.4 Å². The zero-order valence-corrected chi connectivity index (χ0v) is 13.4. The number of carbonyl (C=O) groups excluding carboxylic acids is 1. The van der Waals surface area contributed by atoms with E-state index in [1.807, 2.05) is 17.3 Å². The highest BCUT2D eigenvalue weighted by atomic mass is 16.5. The number of aryl methyl sites for hydroxylation is 1. The lowest BCUT2D eigenvalue weighted by molar-refractivity contribution is -0.135. The molecule has 0 bridgehead atoms. The molecule has 1 saturated heterocycles. The second kappa shape index (κ2) is 7.26. The van der Waals surface area contributed by atoms with Crippen LogP contribution in [-0.2, 0) is 11.2 Å². The quantitative estimate of drug-likeness (QED) is 0.848. The Hall–Kier alpha value is -2.37. The molecule has 0 N–H and O–H groups in total. The summed E-state index contributed by atoms with van der Waals surface area (Å²) < 4.78 is 7.73. The van der Waals surface area contributed by atoms with Gasteiger partial charge in [0.05, 0.1) is 12.2 Å². The van der Waals surface area contributed by atoms with Gasteiger partial charge in [0.25, 0.3) is 5.91 Å². The van der Waals surface area contributed by atoms with Gasteiger partial charge in [-0.15, -0.1) is 0 Å². The van der Waals surface area contributed by atoms with Crippen molar-refractivity contribution in [3.63, 3.8) is 0 Å². The number of rotatable bonds is 5. The van der Waals surface area contributed by atoms with Gasteiger partial charge in [0.1, 0.15) is 11.6 Å². The lowest BCUT2D eigenvalue weighted by Gasteiger charge is -2.34. The number of carbonyl (C=O) groups is 1. The van der Waals surface area contributed by atoms with Gasteiger partial charge in [0, 0.05) is 38.1 Å². The van der Waals surface area contributed by atoms with Gasteiger partial charge in [0.2, 0.25) is 0 Å². The van der Waals surface area contributed by atoms with Crippen molar-refractivity contribution < 1.29 is 9.53 Å². The second-order valence-corrected chi connectivity index (χ2v) is 5.72. The van der Waals surface area contributed by atoms with Crippen LogP contribution in [0.4, 0.5) is 0 Å². The summed E-state index contributed by atoms with van der Waals surface area (Å²) in [5.41, 5.74) is 0. The van der Waals surface area contributed by atoms with E-state index in [0.29, 0.717) is 11.8 Å². The Morgan fingerprint density at radius 3 is 3.13 bits per heavy atom. The summed E-state index contributed by atoms with van der Waals surface area (Å²) in [4.78, 5) is 22.7. The fourth-order valence-electron chi connectivity index (χ4n) is 3.03. The molecule has 0 radical (unpaired) electrons. The van der Waals surface area contributed by atoms with Crippen molar-refractivity contribution in [1.29, 1.82) is 0 Å². The molecular formula is C17H22N4O2. The van der Waals surface area contributed by atoms with Gasteiger partial charge in [-0.3, -0.25) is 9.78 Å². The number of imidazole rings is 1. The Balaban J connectivity index is 1.58. The number of aromatic nitrogens is 3. The van der Waals surface area contributed by atoms with Gasteiger partial charge in [-0.25, -0.2) is 4.98 Å². The van der Waals surface area contributed by atoms with Gasteiger partial charge in [-0.05, 0) is 25.0 Å². The van der Waals surface area contributed by atoms with E-state index in [1.54, 1.807) is 24.5 Å². The molecule has 3 heterocycles. The molecule has 0 aliphatic carbocycles. The zero-order valence-electron chi connectivity index (χ0n) is 13.4. The Morgan fingerprint density at radius 2 is 2.35 bits per heavy atom. The third-order valence-electron chi connectivity index (χ3n) is 4.20. The van der Waals surface area contributed by atoms with Crippen molar-refractivity contribution in [2.75, 3.05) is 19.7 Å². The maximum atomic E-state index is 12.4. The molecule has 0 unspecified atom stereocenters. The molecule has 122 valence electrons. The van der Waals surface area contributed by atoms with Crippen LogP contribution < -0.4 is 4.74 Å². The Kier molecular flexibility index (Phi) is 4.90. The van der Waals surface area contributed by atoms with Crippen molar-refractivity contribution in [3.8, 4) is 5.75 Å². The molecule has 0 spiro atoms. The number of hydrogen-bond donors (Lipinski definition) is 0. The minimum absolute atomic E-state index is 0.0247. The fraction of sp³-hybridized carbons (Fsp3) is 0.471. The minimum atomic E-state index is 0.0247. The summed E-state index contributed by atoms with van der Waals surface area (Å²) in [5, 5.41) is 0. The molecule has 1 amide bonds. The summed E-state index contributed by atoms with van der Waals surface area (Å²) in [7, 11) is 0. The van der Waals surface area contributed by atoms with E-state index in [9.17, 15) is 4.79 Å². The summed E-state index contributed by atoms with van der Waals surface area (Å²) in [5.74, 6) is 1.73. The van der Waals surface area contributed by atoms with Gasteiger partial charge in [0.15, 0.2) is 6.61 Å². The highest BCUT2D eigenvalue weighted by Gasteiger charge is 2.25. The van der Waals surface area contributed by atoms with Crippen LogP contribution in [0.25, 0.3) is 0 Å². The number of nitrogens with zero attached hydrogens (tertiary/aromatic N) is 4. The largest absolute Gasteiger partial charge is 0.482 e. The van der Waals surface area contributed by atoms with Crippen LogP contribution >= 0.6 is 0 Å². The number of piperidine rings is 1. The average Bonchev–Trinajstić information content (AvgIpc) is 3.09. The first-order valence-corrected chi connectivity index (χ1v) is 8.10. The number of hydrogen-bond acceptors (Lipinski definition) is 4. The Morgan fingerprint density at radius 1 is 1.43 bits per heavy atom. The zero-order chi connectivity index (χ0) is 16.1. The van der Waals surface area contributed by atoms with Crippen LogP contribution in [0, 0.1) is 0 Å². The van der Waals surface area contributed by atoms with Gasteiger partial charge in [-0.1, -0.05) is 6.92 Å². The first-order valence-electron chi connectivity index (χ1n) is 8.10. The number of amides is 1. The summed E-state index contributed by atoms with van der Waals surface area (Å²) in [6.45, 7) is 3.68. The number of ether oxygens (including phenoxy) is 1. The molecule has 1 atom stereocenters. The van der Waals surface area contributed by atoms with Crippen LogP contribution in [-0.4, -0.2) is 45.0 Å². The fourth-order valence-corrected chi connectivity index (χ4v) is 3.03. The van der Waals surface area contributed by atoms with Crippen molar-refractivity contribution in [3.05, 3.63) is 42.7 Å². The van der Waals surface area contributed by atoms with Crippen LogP contribution in [0.2, 0.25) is 0 Å². The molecule has 0 saturated carbocycles. The molecule has 1 aliphatic heterocycles. The smallest absolute Gasteiger partial charge is 0.260 e. The molecule has 6 heteroatoms. The third-order valence-corrected chi connectivity index (χ3v) is 4.20. The Bertz CT molecular complexity index is 641. The van der Waals surface area contributed by atoms with Crippen molar-refractivity contribution >= 4 is 5.91 Å². The molecule has 1 fully saturated rings. The first-order chi connectivity index (χ1) is 11.3. The van der Waals surface area contributed by atoms with Crippen LogP contribution in [0.15, 0.2) is 36.9 Å². The van der Waals surface area contributed by atoms with Crippen LogP contribution in [0.5, 0.6) is 5.75 Å². The van der Waals surface area contributed by atoms with Gasteiger partial charge < -0.3 is 14.2 Å². The monoisotopic (exact) mass is 314 g/mol. The van der Waals surface area contributed by atoms with E-state index < -0.39 is 0 Å². The highest BCUT2D eigenvalue weighted by Crippen LogP contribution is 2.23. The molecule has 23 heavy (non-hydrogen) atoms. The summed E-state index contributed by atoms with van der Waals surface area (Å²) >= 11 is 0. The Labute approximate surface area is 136 Å². The topological polar surface area (TPSA) is 60.2 Å². The first kappa shape index (κ1) is 15.5. The lowest BCUT2D eigenvalue weighted by atomic mass is 10.1. The molecule has 6 nitrogen and oxygen atoms in total. The molecule has 0 aromatic carbocycles. The molecular weight excluding hydrogens is 292 g/mol. The standard InChI is InChI=1S/C17H22N4O2/c1-2-16-19-8-10-21(16)14-5-4-9-20(12-14)17(22)13-23-15-6-3-7-18-11-15/h3,6-8,10-11,14H,2,4-5,9,12-13H2,1H3/t14-/m0/s1. The molecule has 1 aliphatic rings. The maximum Gasteiger partial charge on any atom is 0.260 e. The lowest BCUT2D eigenvalue weighted by Crippen LogP contribution is -2.43. The molecule has 3 rings (SSSR count). The molecule has 2 aromatic heterocycles. The van der Waals surface area contributed by atoms with Crippen LogP contribution in [0.3, 0.4) is 0 Å². The van der Waals surface area contributed by atoms with Gasteiger partial charge >= 0.3 is 0 Å². The molecule has 2 aromatic rings. The summed E-state index contributed by atoms with van der Waals surface area (Å²) in [6.07, 6.45) is 10.1. The predicted octanol–water partition coefficient (Wildman–Crippen LogP) is 2.08. The third kappa shape index (κ3) is 3.70. The van der Waals surface area contributed by atoms with E-state index in [0.717, 1.165) is 38.2 Å². The van der Waals surface area contributed by atoms with Crippen molar-refractivity contribution in [2.45, 2.75) is 32.2 Å². The average molecular weight is 314 g/mol. The van der Waals surface area contributed by atoms with E-state index in [2.05, 4.69) is 21.5 Å². The van der Waals surface area contributed by atoms with E-state index >= 15 is 0 Å². The maximum absolute atomic E-state index is 12.4. The van der Waals surface area contributed by atoms with E-state index in [1.165, 1.54) is 0 Å². The van der Waals surface area contributed by atoms with E-state index in [4.69, 9.17) is 4.74 Å². The SMILES string of the molecule is CCc1nccn1[C@H]1CCCN(C(=O)COc2cccnc2)C1. The predicted molar refractivity (Wildman–Crippen MR) is 86.2 cm³/mol. The van der Waals surface area contributed by atoms with Crippen LogP contribution in [0.1, 0.15) is 31.6 Å². The summed E-state index contributed by atoms with van der Waals surface area (Å²) in [6, 6.07) is 3.91. The van der Waals surface area contributed by atoms with E-state index in [-0.39, 0.29) is 12.5 Å². The van der Waals surface area contributed by atoms with Crippen molar-refractivity contribution in [2.24, 2.45) is 0 Å². The normalized spacial score (nSPS) is 18.0. The minimum Gasteiger partial charge on any atom is -0.482 e. The highest BCUT2D eigenvalue weighted by molar-refractivity contribution is 5.77.